The Morgan fingerprint density at radius 3 is 2.48 bits per heavy atom. The van der Waals surface area contributed by atoms with Gasteiger partial charge in [0, 0.05) is 38.4 Å². The third-order valence-electron chi connectivity index (χ3n) is 5.79. The van der Waals surface area contributed by atoms with E-state index in [0.717, 1.165) is 31.7 Å². The van der Waals surface area contributed by atoms with Crippen molar-refractivity contribution in [3.63, 3.8) is 0 Å². The number of amides is 3. The number of aryl methyl sites for hydroxylation is 3. The zero-order valence-corrected chi connectivity index (χ0v) is 15.2. The number of nitrogens with one attached hydrogen (secondary N) is 1. The monoisotopic (exact) mass is 342 g/mol. The number of hydrogen-bond acceptors (Lipinski definition) is 3. The lowest BCUT2D eigenvalue weighted by molar-refractivity contribution is -0.122. The van der Waals surface area contributed by atoms with E-state index in [0.29, 0.717) is 13.1 Å². The summed E-state index contributed by atoms with van der Waals surface area (Å²) >= 11 is 0. The predicted molar refractivity (Wildman–Crippen MR) is 96.9 cm³/mol. The number of piperazine rings is 1. The lowest BCUT2D eigenvalue weighted by Gasteiger charge is -2.38. The second kappa shape index (κ2) is 6.02. The van der Waals surface area contributed by atoms with Crippen LogP contribution in [0.5, 0.6) is 0 Å². The molecule has 0 radical (unpaired) electrons. The van der Waals surface area contributed by atoms with Gasteiger partial charge in [0.1, 0.15) is 0 Å². The van der Waals surface area contributed by atoms with E-state index in [1.54, 1.807) is 0 Å². The maximum Gasteiger partial charge on any atom is 0.317 e. The SMILES string of the molecule is Cc1cc(C)c(N2CC[C@H](N3CCN4C(=O)NC[C@@H]4C3)C2=O)c(C)c1. The van der Waals surface area contributed by atoms with Crippen molar-refractivity contribution in [3.8, 4) is 0 Å². The number of fused-ring (bicyclic) bond motifs is 1. The number of nitrogens with zero attached hydrogens (tertiary/aromatic N) is 3. The molecular formula is C19H26N4O2. The summed E-state index contributed by atoms with van der Waals surface area (Å²) in [4.78, 5) is 31.1. The Hall–Kier alpha value is -2.08. The third-order valence-corrected chi connectivity index (χ3v) is 5.79. The van der Waals surface area contributed by atoms with Crippen molar-refractivity contribution in [3.05, 3.63) is 28.8 Å². The van der Waals surface area contributed by atoms with E-state index in [2.05, 4.69) is 43.1 Å². The van der Waals surface area contributed by atoms with E-state index in [1.807, 2.05) is 9.80 Å². The van der Waals surface area contributed by atoms with Crippen LogP contribution in [0.4, 0.5) is 10.5 Å². The fourth-order valence-corrected chi connectivity index (χ4v) is 4.74. The van der Waals surface area contributed by atoms with Crippen LogP contribution in [0.2, 0.25) is 0 Å². The summed E-state index contributed by atoms with van der Waals surface area (Å²) in [6.45, 7) is 10.0. The van der Waals surface area contributed by atoms with Gasteiger partial charge < -0.3 is 15.1 Å². The van der Waals surface area contributed by atoms with Crippen LogP contribution in [-0.2, 0) is 4.79 Å². The lowest BCUT2D eigenvalue weighted by atomic mass is 10.0. The summed E-state index contributed by atoms with van der Waals surface area (Å²) in [6, 6.07) is 4.48. The molecular weight excluding hydrogens is 316 g/mol. The van der Waals surface area contributed by atoms with Crippen LogP contribution >= 0.6 is 0 Å². The quantitative estimate of drug-likeness (QED) is 0.885. The number of urea groups is 1. The Morgan fingerprint density at radius 1 is 1.04 bits per heavy atom. The molecule has 3 heterocycles. The van der Waals surface area contributed by atoms with Crippen LogP contribution in [0, 0.1) is 20.8 Å². The molecule has 0 aromatic heterocycles. The Balaban J connectivity index is 1.52. The summed E-state index contributed by atoms with van der Waals surface area (Å²) in [5.74, 6) is 0.209. The van der Waals surface area contributed by atoms with Gasteiger partial charge in [-0.1, -0.05) is 17.7 Å². The van der Waals surface area contributed by atoms with Crippen LogP contribution in [0.15, 0.2) is 12.1 Å². The molecule has 1 aromatic carbocycles. The minimum atomic E-state index is -0.0574. The molecule has 3 amide bonds. The summed E-state index contributed by atoms with van der Waals surface area (Å²) in [7, 11) is 0. The number of hydrogen-bond donors (Lipinski definition) is 1. The molecule has 3 aliphatic heterocycles. The van der Waals surface area contributed by atoms with Crippen molar-refractivity contribution in [2.45, 2.75) is 39.3 Å². The van der Waals surface area contributed by atoms with E-state index in [9.17, 15) is 9.59 Å². The van der Waals surface area contributed by atoms with Gasteiger partial charge in [-0.2, -0.15) is 0 Å². The van der Waals surface area contributed by atoms with E-state index in [-0.39, 0.29) is 24.0 Å². The maximum absolute atomic E-state index is 13.1. The van der Waals surface area contributed by atoms with Gasteiger partial charge in [-0.25, -0.2) is 4.79 Å². The molecule has 0 unspecified atom stereocenters. The lowest BCUT2D eigenvalue weighted by Crippen LogP contribution is -2.56. The molecule has 25 heavy (non-hydrogen) atoms. The smallest absolute Gasteiger partial charge is 0.317 e. The molecule has 1 aromatic rings. The average Bonchev–Trinajstić information content (AvgIpc) is 3.10. The number of carbonyl (C=O) groups excluding carboxylic acids is 2. The maximum atomic E-state index is 13.1. The number of benzene rings is 1. The van der Waals surface area contributed by atoms with Crippen LogP contribution in [0.3, 0.4) is 0 Å². The van der Waals surface area contributed by atoms with E-state index in [1.165, 1.54) is 16.7 Å². The molecule has 2 atom stereocenters. The van der Waals surface area contributed by atoms with Crippen LogP contribution in [-0.4, -0.2) is 66.5 Å². The first-order valence-electron chi connectivity index (χ1n) is 9.13. The molecule has 6 nitrogen and oxygen atoms in total. The first-order chi connectivity index (χ1) is 12.0. The van der Waals surface area contributed by atoms with Crippen molar-refractivity contribution in [1.82, 2.24) is 15.1 Å². The van der Waals surface area contributed by atoms with Gasteiger partial charge >= 0.3 is 6.03 Å². The molecule has 0 spiro atoms. The summed E-state index contributed by atoms with van der Waals surface area (Å²) < 4.78 is 0. The fraction of sp³-hybridized carbons (Fsp3) is 0.579. The van der Waals surface area contributed by atoms with E-state index in [4.69, 9.17) is 0 Å². The normalized spacial score (nSPS) is 27.0. The largest absolute Gasteiger partial charge is 0.336 e. The van der Waals surface area contributed by atoms with Crippen molar-refractivity contribution in [1.29, 1.82) is 0 Å². The van der Waals surface area contributed by atoms with Gasteiger partial charge in [0.2, 0.25) is 5.91 Å². The van der Waals surface area contributed by atoms with Gasteiger partial charge in [-0.15, -0.1) is 0 Å². The highest BCUT2D eigenvalue weighted by Crippen LogP contribution is 2.32. The minimum absolute atomic E-state index is 0.0370. The standard InChI is InChI=1S/C19H26N4O2/c1-12-8-13(2)17(14(3)9-12)23-5-4-16(18(23)24)21-6-7-22-15(11-21)10-20-19(22)25/h8-9,15-16H,4-7,10-11H2,1-3H3,(H,20,25)/t15-,16+/m1/s1. The highest BCUT2D eigenvalue weighted by atomic mass is 16.2. The molecule has 3 saturated heterocycles. The molecule has 6 heteroatoms. The second-order valence-corrected chi connectivity index (χ2v) is 7.57. The third kappa shape index (κ3) is 2.68. The van der Waals surface area contributed by atoms with Gasteiger partial charge in [0.15, 0.2) is 0 Å². The average molecular weight is 342 g/mol. The van der Waals surface area contributed by atoms with Crippen molar-refractivity contribution in [2.75, 3.05) is 37.6 Å². The molecule has 134 valence electrons. The summed E-state index contributed by atoms with van der Waals surface area (Å²) in [5, 5.41) is 2.90. The number of anilines is 1. The highest BCUT2D eigenvalue weighted by Gasteiger charge is 2.43. The molecule has 3 aliphatic rings. The molecule has 1 N–H and O–H groups in total. The molecule has 3 fully saturated rings. The first kappa shape index (κ1) is 16.4. The molecule has 4 rings (SSSR count). The first-order valence-corrected chi connectivity index (χ1v) is 9.13. The summed E-state index contributed by atoms with van der Waals surface area (Å²) in [6.07, 6.45) is 0.861. The van der Waals surface area contributed by atoms with Gasteiger partial charge in [-0.3, -0.25) is 9.69 Å². The molecule has 0 saturated carbocycles. The van der Waals surface area contributed by atoms with Crippen molar-refractivity contribution < 1.29 is 9.59 Å². The predicted octanol–water partition coefficient (Wildman–Crippen LogP) is 1.43. The van der Waals surface area contributed by atoms with Crippen LogP contribution < -0.4 is 10.2 Å². The van der Waals surface area contributed by atoms with Crippen molar-refractivity contribution >= 4 is 17.6 Å². The number of carbonyl (C=O) groups is 2. The van der Waals surface area contributed by atoms with Gasteiger partial charge in [-0.05, 0) is 38.3 Å². The second-order valence-electron chi connectivity index (χ2n) is 7.57. The molecule has 0 bridgehead atoms. The van der Waals surface area contributed by atoms with Gasteiger partial charge in [0.05, 0.1) is 12.1 Å². The van der Waals surface area contributed by atoms with Crippen molar-refractivity contribution in [2.24, 2.45) is 0 Å². The zero-order chi connectivity index (χ0) is 17.7. The van der Waals surface area contributed by atoms with E-state index >= 15 is 0 Å². The zero-order valence-electron chi connectivity index (χ0n) is 15.2. The fourth-order valence-electron chi connectivity index (χ4n) is 4.74. The summed E-state index contributed by atoms with van der Waals surface area (Å²) in [5.41, 5.74) is 4.65. The van der Waals surface area contributed by atoms with Gasteiger partial charge in [0.25, 0.3) is 0 Å². The highest BCUT2D eigenvalue weighted by molar-refractivity contribution is 6.00. The Labute approximate surface area is 148 Å². The van der Waals surface area contributed by atoms with Crippen LogP contribution in [0.1, 0.15) is 23.1 Å². The number of rotatable bonds is 2. The van der Waals surface area contributed by atoms with E-state index < -0.39 is 0 Å². The Bertz CT molecular complexity index is 709. The topological polar surface area (TPSA) is 55.9 Å². The Kier molecular flexibility index (Phi) is 3.95. The Morgan fingerprint density at radius 2 is 1.76 bits per heavy atom. The minimum Gasteiger partial charge on any atom is -0.336 e. The van der Waals surface area contributed by atoms with Crippen LogP contribution in [0.25, 0.3) is 0 Å². The molecule has 0 aliphatic carbocycles.